The monoisotopic (exact) mass is 335 g/mol. The molecule has 2 aromatic rings. The van der Waals surface area contributed by atoms with Crippen LogP contribution < -0.4 is 9.46 Å². The molecule has 0 radical (unpaired) electrons. The van der Waals surface area contributed by atoms with Crippen LogP contribution in [0.25, 0.3) is 0 Å². The molecule has 2 rings (SSSR count). The van der Waals surface area contributed by atoms with Gasteiger partial charge in [-0.15, -0.1) is 13.2 Å². The fraction of sp³-hybridized carbons (Fsp3) is 0.250. The van der Waals surface area contributed by atoms with Crippen LogP contribution in [0.4, 0.5) is 18.9 Å². The van der Waals surface area contributed by atoms with E-state index in [4.69, 9.17) is 0 Å². The van der Waals surface area contributed by atoms with Gasteiger partial charge in [-0.25, -0.2) is 8.42 Å². The highest BCUT2D eigenvalue weighted by Crippen LogP contribution is 2.25. The van der Waals surface area contributed by atoms with Crippen LogP contribution in [0.15, 0.2) is 35.4 Å². The van der Waals surface area contributed by atoms with Gasteiger partial charge in [-0.1, -0.05) is 0 Å². The smallest absolute Gasteiger partial charge is 0.406 e. The Kier molecular flexibility index (Phi) is 4.05. The van der Waals surface area contributed by atoms with E-state index < -0.39 is 22.1 Å². The van der Waals surface area contributed by atoms with Gasteiger partial charge in [-0.3, -0.25) is 9.40 Å². The molecule has 0 bridgehead atoms. The number of nitrogens with zero attached hydrogens (tertiary/aromatic N) is 2. The van der Waals surface area contributed by atoms with Gasteiger partial charge in [0.25, 0.3) is 10.0 Å². The summed E-state index contributed by atoms with van der Waals surface area (Å²) in [5.74, 6) is -0.437. The van der Waals surface area contributed by atoms with Gasteiger partial charge in [-0.05, 0) is 31.2 Å². The first-order valence-electron chi connectivity index (χ1n) is 5.96. The molecule has 0 spiro atoms. The predicted molar refractivity (Wildman–Crippen MR) is 71.9 cm³/mol. The zero-order valence-electron chi connectivity index (χ0n) is 11.5. The summed E-state index contributed by atoms with van der Waals surface area (Å²) in [7, 11) is -2.29. The van der Waals surface area contributed by atoms with Crippen molar-refractivity contribution >= 4 is 15.7 Å². The van der Waals surface area contributed by atoms with E-state index in [0.717, 1.165) is 12.1 Å². The van der Waals surface area contributed by atoms with Crippen molar-refractivity contribution in [3.05, 3.63) is 36.2 Å². The Morgan fingerprint density at radius 2 is 1.82 bits per heavy atom. The Morgan fingerprint density at radius 3 is 2.27 bits per heavy atom. The first kappa shape index (κ1) is 16.1. The molecule has 0 saturated heterocycles. The first-order chi connectivity index (χ1) is 10.1. The van der Waals surface area contributed by atoms with E-state index in [9.17, 15) is 21.6 Å². The molecule has 120 valence electrons. The summed E-state index contributed by atoms with van der Waals surface area (Å²) in [6.45, 7) is 1.54. The maximum absolute atomic E-state index is 12.2. The molecule has 0 aliphatic heterocycles. The lowest BCUT2D eigenvalue weighted by Gasteiger charge is -2.10. The molecule has 0 aliphatic rings. The van der Waals surface area contributed by atoms with Gasteiger partial charge < -0.3 is 4.74 Å². The van der Waals surface area contributed by atoms with Gasteiger partial charge in [-0.2, -0.15) is 5.10 Å². The molecule has 0 fully saturated rings. The third-order valence-electron chi connectivity index (χ3n) is 2.60. The van der Waals surface area contributed by atoms with Crippen LogP contribution in [0.3, 0.4) is 0 Å². The number of rotatable bonds is 4. The third-order valence-corrected chi connectivity index (χ3v) is 4.08. The zero-order chi connectivity index (χ0) is 16.5. The lowest BCUT2D eigenvalue weighted by atomic mass is 10.3. The van der Waals surface area contributed by atoms with Crippen LogP contribution in [0.1, 0.15) is 5.69 Å². The highest BCUT2D eigenvalue weighted by atomic mass is 32.2. The number of anilines is 1. The van der Waals surface area contributed by atoms with E-state index in [1.54, 1.807) is 7.05 Å². The summed E-state index contributed by atoms with van der Waals surface area (Å²) in [6.07, 6.45) is -3.47. The largest absolute Gasteiger partial charge is 0.573 e. The number of benzene rings is 1. The van der Waals surface area contributed by atoms with Gasteiger partial charge in [0.05, 0.1) is 5.69 Å². The number of ether oxygens (including phenoxy) is 1. The number of alkyl halides is 3. The van der Waals surface area contributed by atoms with Gasteiger partial charge in [0.2, 0.25) is 0 Å². The lowest BCUT2D eigenvalue weighted by Crippen LogP contribution is -2.17. The normalized spacial score (nSPS) is 12.2. The minimum atomic E-state index is -4.80. The summed E-state index contributed by atoms with van der Waals surface area (Å²) < 4.78 is 67.8. The van der Waals surface area contributed by atoms with E-state index in [0.29, 0.717) is 5.69 Å². The second kappa shape index (κ2) is 5.52. The Balaban J connectivity index is 2.18. The molecule has 0 aliphatic carbocycles. The molecule has 1 aromatic heterocycles. The molecule has 1 aromatic carbocycles. The highest BCUT2D eigenvalue weighted by molar-refractivity contribution is 7.92. The fourth-order valence-corrected chi connectivity index (χ4v) is 3.05. The molecule has 1 N–H and O–H groups in total. The number of nitrogens with one attached hydrogen (secondary N) is 1. The molecule has 0 amide bonds. The molecular formula is C12H12F3N3O3S. The molecule has 10 heteroatoms. The zero-order valence-corrected chi connectivity index (χ0v) is 12.4. The van der Waals surface area contributed by atoms with E-state index in [2.05, 4.69) is 14.6 Å². The number of aromatic nitrogens is 2. The molecule has 1 heterocycles. The Bertz CT molecular complexity index is 767. The van der Waals surface area contributed by atoms with E-state index in [-0.39, 0.29) is 10.6 Å². The van der Waals surface area contributed by atoms with Crippen LogP contribution in [-0.2, 0) is 17.1 Å². The van der Waals surface area contributed by atoms with Crippen LogP contribution >= 0.6 is 0 Å². The van der Waals surface area contributed by atoms with Crippen LogP contribution in [0.5, 0.6) is 5.75 Å². The minimum Gasteiger partial charge on any atom is -0.406 e. The second-order valence-corrected chi connectivity index (χ2v) is 6.08. The van der Waals surface area contributed by atoms with Crippen molar-refractivity contribution in [3.63, 3.8) is 0 Å². The van der Waals surface area contributed by atoms with Gasteiger partial charge in [0.15, 0.2) is 0 Å². The number of halogens is 3. The quantitative estimate of drug-likeness (QED) is 0.931. The van der Waals surface area contributed by atoms with E-state index >= 15 is 0 Å². The van der Waals surface area contributed by atoms with E-state index in [1.807, 2.05) is 0 Å². The molecule has 0 saturated carbocycles. The highest BCUT2D eigenvalue weighted by Gasteiger charge is 2.31. The molecule has 22 heavy (non-hydrogen) atoms. The van der Waals surface area contributed by atoms with Gasteiger partial charge in [0.1, 0.15) is 10.6 Å². The van der Waals surface area contributed by atoms with Crippen molar-refractivity contribution in [1.29, 1.82) is 0 Å². The second-order valence-electron chi connectivity index (χ2n) is 4.43. The maximum atomic E-state index is 12.2. The summed E-state index contributed by atoms with van der Waals surface area (Å²) in [6, 6.07) is 4.37. The summed E-state index contributed by atoms with van der Waals surface area (Å²) >= 11 is 0. The van der Waals surface area contributed by atoms with Gasteiger partial charge in [0, 0.05) is 18.9 Å². The SMILES string of the molecule is Cc1nn(C)cc1S(=O)(=O)Nc1ccc(OC(F)(F)F)cc1. The predicted octanol–water partition coefficient (Wildman–Crippen LogP) is 2.43. The average Bonchev–Trinajstić information content (AvgIpc) is 2.70. The number of hydrogen-bond acceptors (Lipinski definition) is 4. The third kappa shape index (κ3) is 3.91. The van der Waals surface area contributed by atoms with Crippen LogP contribution in [-0.4, -0.2) is 24.6 Å². The Morgan fingerprint density at radius 1 is 1.23 bits per heavy atom. The lowest BCUT2D eigenvalue weighted by molar-refractivity contribution is -0.274. The van der Waals surface area contributed by atoms with Crippen molar-refractivity contribution in [2.75, 3.05) is 4.72 Å². The van der Waals surface area contributed by atoms with Gasteiger partial charge >= 0.3 is 6.36 Å². The molecule has 0 atom stereocenters. The number of sulfonamides is 1. The van der Waals surface area contributed by atoms with E-state index in [1.165, 1.54) is 29.9 Å². The first-order valence-corrected chi connectivity index (χ1v) is 7.44. The standard InChI is InChI=1S/C12H12F3N3O3S/c1-8-11(7-18(2)16-8)22(19,20)17-9-3-5-10(6-4-9)21-12(13,14)15/h3-7,17H,1-2H3. The van der Waals surface area contributed by atoms with Crippen molar-refractivity contribution in [2.45, 2.75) is 18.2 Å². The van der Waals surface area contributed by atoms with Crippen LogP contribution in [0.2, 0.25) is 0 Å². The Labute approximate surface area is 124 Å². The molecular weight excluding hydrogens is 323 g/mol. The molecule has 6 nitrogen and oxygen atoms in total. The number of aryl methyl sites for hydroxylation is 2. The van der Waals surface area contributed by atoms with Crippen molar-refractivity contribution in [1.82, 2.24) is 9.78 Å². The summed E-state index contributed by atoms with van der Waals surface area (Å²) in [4.78, 5) is -0.00869. The average molecular weight is 335 g/mol. The topological polar surface area (TPSA) is 73.2 Å². The fourth-order valence-electron chi connectivity index (χ4n) is 1.78. The minimum absolute atomic E-state index is 0.00869. The maximum Gasteiger partial charge on any atom is 0.573 e. The Hall–Kier alpha value is -2.23. The van der Waals surface area contributed by atoms with Crippen LogP contribution in [0, 0.1) is 6.92 Å². The van der Waals surface area contributed by atoms with Crippen molar-refractivity contribution in [3.8, 4) is 5.75 Å². The number of hydrogen-bond donors (Lipinski definition) is 1. The summed E-state index contributed by atoms with van der Waals surface area (Å²) in [5.41, 5.74) is 0.421. The summed E-state index contributed by atoms with van der Waals surface area (Å²) in [5, 5.41) is 3.93. The molecule has 0 unspecified atom stereocenters. The van der Waals surface area contributed by atoms with Crippen molar-refractivity contribution < 1.29 is 26.3 Å². The van der Waals surface area contributed by atoms with Crippen molar-refractivity contribution in [2.24, 2.45) is 7.05 Å².